The van der Waals surface area contributed by atoms with Crippen LogP contribution < -0.4 is 21.5 Å². The van der Waals surface area contributed by atoms with Crippen molar-refractivity contribution in [3.63, 3.8) is 0 Å². The van der Waals surface area contributed by atoms with Crippen LogP contribution in [0.1, 0.15) is 50.2 Å². The first-order chi connectivity index (χ1) is 17.2. The molecule has 5 N–H and O–H groups in total. The van der Waals surface area contributed by atoms with Crippen molar-refractivity contribution in [1.29, 1.82) is 0 Å². The summed E-state index contributed by atoms with van der Waals surface area (Å²) in [5.74, 6) is -2.23. The Morgan fingerprint density at radius 2 is 1.78 bits per heavy atom. The van der Waals surface area contributed by atoms with Gasteiger partial charge in [-0.05, 0) is 30.7 Å². The third kappa shape index (κ3) is 3.61. The van der Waals surface area contributed by atoms with Crippen molar-refractivity contribution < 1.29 is 28.7 Å². The van der Waals surface area contributed by atoms with Crippen molar-refractivity contribution in [2.24, 2.45) is 11.5 Å². The van der Waals surface area contributed by atoms with E-state index in [2.05, 4.69) is 15.6 Å². The molecule has 0 spiro atoms. The van der Waals surface area contributed by atoms with Gasteiger partial charge in [-0.2, -0.15) is 0 Å². The van der Waals surface area contributed by atoms with Crippen molar-refractivity contribution in [1.82, 2.24) is 30.1 Å². The van der Waals surface area contributed by atoms with E-state index in [0.29, 0.717) is 24.3 Å². The highest BCUT2D eigenvalue weighted by Crippen LogP contribution is 2.37. The number of hydrogen-bond acceptors (Lipinski definition) is 8. The lowest BCUT2D eigenvalue weighted by atomic mass is 10.0. The lowest BCUT2D eigenvalue weighted by Crippen LogP contribution is -2.64. The van der Waals surface area contributed by atoms with E-state index in [1.54, 1.807) is 24.3 Å². The van der Waals surface area contributed by atoms with E-state index in [-0.39, 0.29) is 42.1 Å². The zero-order valence-corrected chi connectivity index (χ0v) is 19.3. The predicted molar refractivity (Wildman–Crippen MR) is 121 cm³/mol. The number of nitrogens with zero attached hydrogens (tertiary/aromatic N) is 5. The summed E-state index contributed by atoms with van der Waals surface area (Å²) >= 11 is 0. The number of amides is 5. The Kier molecular flexibility index (Phi) is 5.57. The van der Waals surface area contributed by atoms with Crippen molar-refractivity contribution >= 4 is 29.5 Å². The average Bonchev–Trinajstić information content (AvgIpc) is 3.59. The van der Waals surface area contributed by atoms with Gasteiger partial charge in [0.15, 0.2) is 11.4 Å². The number of benzene rings is 1. The third-order valence-corrected chi connectivity index (χ3v) is 6.96. The zero-order valence-electron chi connectivity index (χ0n) is 19.3. The maximum Gasteiger partial charge on any atom is 0.271 e. The molecule has 188 valence electrons. The van der Waals surface area contributed by atoms with Crippen LogP contribution in [0, 0.1) is 0 Å². The van der Waals surface area contributed by atoms with E-state index >= 15 is 0 Å². The van der Waals surface area contributed by atoms with Crippen molar-refractivity contribution in [3.05, 3.63) is 41.2 Å². The molecule has 5 amide bonds. The standard InChI is InChI=1S/C22H24N8O6/c1-36-12-4-2-10(3-5-12)20(33)25-13-6-7-28-16(13)22(35)29-9-11(8-14(29)21(28)34)30-17(19(24)32)15(18(23)31)26-27-30/h2-5,11,13-14,16H,6-9H2,1H3,(H2,23,31)(H2,24,32)(H,25,33)/t11-,13-,14-,16-/m0/s1. The van der Waals surface area contributed by atoms with Gasteiger partial charge >= 0.3 is 0 Å². The number of nitrogens with one attached hydrogen (secondary N) is 1. The molecular formula is C22H24N8O6. The van der Waals surface area contributed by atoms with E-state index in [9.17, 15) is 24.0 Å². The summed E-state index contributed by atoms with van der Waals surface area (Å²) in [6.07, 6.45) is 0.601. The number of methoxy groups -OCH3 is 1. The Bertz CT molecular complexity index is 1270. The molecule has 0 unspecified atom stereocenters. The SMILES string of the molecule is COc1ccc(C(=O)N[C@H]2CCN3C(=O)[C@@H]4C[C@H](n5nnc(C(N)=O)c5C(N)=O)CN4C(=O)[C@H]23)cc1. The summed E-state index contributed by atoms with van der Waals surface area (Å²) in [5.41, 5.74) is 10.5. The molecule has 2 aromatic rings. The molecule has 3 fully saturated rings. The Labute approximate surface area is 204 Å². The number of hydrogen-bond donors (Lipinski definition) is 3. The molecule has 3 aliphatic rings. The van der Waals surface area contributed by atoms with Gasteiger partial charge in [0.05, 0.1) is 19.2 Å². The fourth-order valence-corrected chi connectivity index (χ4v) is 5.26. The van der Waals surface area contributed by atoms with Gasteiger partial charge in [-0.1, -0.05) is 5.21 Å². The number of primary amides is 2. The highest BCUT2D eigenvalue weighted by Gasteiger charge is 2.55. The van der Waals surface area contributed by atoms with Gasteiger partial charge in [-0.15, -0.1) is 5.10 Å². The number of piperazine rings is 1. The molecular weight excluding hydrogens is 472 g/mol. The summed E-state index contributed by atoms with van der Waals surface area (Å²) in [7, 11) is 1.53. The number of nitrogens with two attached hydrogens (primary N) is 2. The minimum atomic E-state index is -0.964. The Hall–Kier alpha value is -4.49. The fraction of sp³-hybridized carbons (Fsp3) is 0.409. The van der Waals surface area contributed by atoms with Crippen LogP contribution in [0.2, 0.25) is 0 Å². The summed E-state index contributed by atoms with van der Waals surface area (Å²) in [6.45, 7) is 0.375. The normalized spacial score (nSPS) is 24.9. The molecule has 3 aliphatic heterocycles. The van der Waals surface area contributed by atoms with Gasteiger partial charge in [0, 0.05) is 25.1 Å². The first-order valence-electron chi connectivity index (χ1n) is 11.3. The molecule has 14 nitrogen and oxygen atoms in total. The minimum absolute atomic E-state index is 0.0561. The number of ether oxygens (including phenoxy) is 1. The van der Waals surface area contributed by atoms with Crippen LogP contribution in [-0.4, -0.2) is 92.7 Å². The van der Waals surface area contributed by atoms with Crippen LogP contribution in [0.15, 0.2) is 24.3 Å². The van der Waals surface area contributed by atoms with Crippen LogP contribution in [0.4, 0.5) is 0 Å². The van der Waals surface area contributed by atoms with Crippen LogP contribution in [0.3, 0.4) is 0 Å². The molecule has 3 saturated heterocycles. The van der Waals surface area contributed by atoms with Gasteiger partial charge in [-0.3, -0.25) is 24.0 Å². The third-order valence-electron chi connectivity index (χ3n) is 6.96. The quantitative estimate of drug-likeness (QED) is 0.410. The van der Waals surface area contributed by atoms with Crippen molar-refractivity contribution in [3.8, 4) is 5.75 Å². The molecule has 0 aliphatic carbocycles. The van der Waals surface area contributed by atoms with Gasteiger partial charge in [0.2, 0.25) is 11.8 Å². The molecule has 5 rings (SSSR count). The fourth-order valence-electron chi connectivity index (χ4n) is 5.26. The maximum absolute atomic E-state index is 13.5. The minimum Gasteiger partial charge on any atom is -0.497 e. The van der Waals surface area contributed by atoms with Crippen LogP contribution >= 0.6 is 0 Å². The van der Waals surface area contributed by atoms with Crippen LogP contribution in [0.25, 0.3) is 0 Å². The first-order valence-corrected chi connectivity index (χ1v) is 11.3. The summed E-state index contributed by atoms with van der Waals surface area (Å²) < 4.78 is 6.27. The second-order valence-corrected chi connectivity index (χ2v) is 8.93. The largest absolute Gasteiger partial charge is 0.497 e. The van der Waals surface area contributed by atoms with E-state index < -0.39 is 36.0 Å². The molecule has 4 atom stereocenters. The molecule has 0 bridgehead atoms. The van der Waals surface area contributed by atoms with E-state index in [1.165, 1.54) is 16.9 Å². The maximum atomic E-state index is 13.5. The molecule has 1 aromatic carbocycles. The molecule has 36 heavy (non-hydrogen) atoms. The smallest absolute Gasteiger partial charge is 0.271 e. The molecule has 0 saturated carbocycles. The van der Waals surface area contributed by atoms with E-state index in [4.69, 9.17) is 16.2 Å². The van der Waals surface area contributed by atoms with Gasteiger partial charge < -0.3 is 31.3 Å². The Morgan fingerprint density at radius 1 is 1.06 bits per heavy atom. The number of rotatable bonds is 6. The van der Waals surface area contributed by atoms with Crippen LogP contribution in [0.5, 0.6) is 5.75 Å². The second kappa shape index (κ2) is 8.62. The number of carbonyl (C=O) groups excluding carboxylic acids is 5. The predicted octanol–water partition coefficient (Wildman–Crippen LogP) is -1.96. The number of carbonyl (C=O) groups is 5. The lowest BCUT2D eigenvalue weighted by molar-refractivity contribution is -0.157. The van der Waals surface area contributed by atoms with Crippen molar-refractivity contribution in [2.75, 3.05) is 20.2 Å². The number of aromatic nitrogens is 3. The molecule has 0 radical (unpaired) electrons. The average molecular weight is 496 g/mol. The molecule has 1 aromatic heterocycles. The Morgan fingerprint density at radius 3 is 2.42 bits per heavy atom. The van der Waals surface area contributed by atoms with Crippen molar-refractivity contribution in [2.45, 2.75) is 37.0 Å². The highest BCUT2D eigenvalue weighted by atomic mass is 16.5. The van der Waals surface area contributed by atoms with E-state index in [1.807, 2.05) is 0 Å². The van der Waals surface area contributed by atoms with E-state index in [0.717, 1.165) is 4.68 Å². The van der Waals surface area contributed by atoms with Gasteiger partial charge in [0.25, 0.3) is 17.7 Å². The monoisotopic (exact) mass is 496 g/mol. The summed E-state index contributed by atoms with van der Waals surface area (Å²) in [5, 5.41) is 10.4. The number of fused-ring (bicyclic) bond motifs is 2. The van der Waals surface area contributed by atoms with Gasteiger partial charge in [0.1, 0.15) is 17.8 Å². The highest BCUT2D eigenvalue weighted by molar-refractivity contribution is 6.04. The molecule has 14 heteroatoms. The Balaban J connectivity index is 1.36. The lowest BCUT2D eigenvalue weighted by Gasteiger charge is -2.40. The second-order valence-electron chi connectivity index (χ2n) is 8.93. The first kappa shape index (κ1) is 23.3. The van der Waals surface area contributed by atoms with Gasteiger partial charge in [-0.25, -0.2) is 4.68 Å². The van der Waals surface area contributed by atoms with Crippen LogP contribution in [-0.2, 0) is 9.59 Å². The molecule has 4 heterocycles. The summed E-state index contributed by atoms with van der Waals surface area (Å²) in [4.78, 5) is 66.2. The summed E-state index contributed by atoms with van der Waals surface area (Å²) in [6, 6.07) is 3.76. The topological polar surface area (TPSA) is 196 Å². The zero-order chi connectivity index (χ0) is 25.7.